The molecule has 1 fully saturated rings. The maximum absolute atomic E-state index is 13.9. The number of hydrogen-bond donors (Lipinski definition) is 2. The van der Waals surface area contributed by atoms with Crippen molar-refractivity contribution in [2.24, 2.45) is 0 Å². The van der Waals surface area contributed by atoms with Crippen LogP contribution >= 0.6 is 0 Å². The zero-order valence-corrected chi connectivity index (χ0v) is 17.4. The van der Waals surface area contributed by atoms with Gasteiger partial charge in [-0.3, -0.25) is 14.5 Å². The summed E-state index contributed by atoms with van der Waals surface area (Å²) in [4.78, 5) is 27.0. The van der Waals surface area contributed by atoms with Crippen molar-refractivity contribution in [1.29, 1.82) is 5.26 Å². The van der Waals surface area contributed by atoms with Gasteiger partial charge in [-0.1, -0.05) is 24.3 Å². The Morgan fingerprint density at radius 2 is 2.16 bits per heavy atom. The summed E-state index contributed by atoms with van der Waals surface area (Å²) in [7, 11) is 1.60. The number of nitrogens with zero attached hydrogens (tertiary/aromatic N) is 2. The second kappa shape index (κ2) is 8.86. The molecular formula is C24H25FN4O2. The molecule has 2 N–H and O–H groups in total. The number of fused-ring (bicyclic) bond motifs is 1. The average Bonchev–Trinajstić information content (AvgIpc) is 3.36. The van der Waals surface area contributed by atoms with Crippen LogP contribution in [0.2, 0.25) is 0 Å². The fourth-order valence-electron chi connectivity index (χ4n) is 4.62. The summed E-state index contributed by atoms with van der Waals surface area (Å²) >= 11 is 0. The van der Waals surface area contributed by atoms with Gasteiger partial charge in [-0.15, -0.1) is 0 Å². The minimum absolute atomic E-state index is 0.0621. The molecule has 0 radical (unpaired) electrons. The number of alkyl halides is 1. The number of nitrogens with one attached hydrogen (secondary N) is 2. The molecule has 1 saturated heterocycles. The average molecular weight is 420 g/mol. The summed E-state index contributed by atoms with van der Waals surface area (Å²) in [5.74, 6) is -1.06. The maximum atomic E-state index is 13.9. The summed E-state index contributed by atoms with van der Waals surface area (Å²) in [6.45, 7) is 1.47. The van der Waals surface area contributed by atoms with Crippen molar-refractivity contribution in [3.8, 4) is 6.07 Å². The molecule has 31 heavy (non-hydrogen) atoms. The number of hydrogen-bond acceptors (Lipinski definition) is 4. The van der Waals surface area contributed by atoms with Gasteiger partial charge in [-0.05, 0) is 41.3 Å². The van der Waals surface area contributed by atoms with E-state index in [1.807, 2.05) is 35.2 Å². The van der Waals surface area contributed by atoms with E-state index >= 15 is 0 Å². The van der Waals surface area contributed by atoms with Gasteiger partial charge in [-0.2, -0.15) is 5.26 Å². The molecule has 2 aliphatic rings. The van der Waals surface area contributed by atoms with Crippen LogP contribution in [0.15, 0.2) is 42.5 Å². The van der Waals surface area contributed by atoms with Gasteiger partial charge in [0.15, 0.2) is 0 Å². The van der Waals surface area contributed by atoms with Gasteiger partial charge in [-0.25, -0.2) is 4.39 Å². The number of carbonyl (C=O) groups is 2. The first-order valence-electron chi connectivity index (χ1n) is 10.5. The number of carbonyl (C=O) groups excluding carboxylic acids is 2. The SMILES string of the molecule is CNC(=O)C(c1ccc2c(c1)NC(=O)C2)[C@H](CN1CC[C@H](F)C1)c1cccc(C#N)c1. The highest BCUT2D eigenvalue weighted by atomic mass is 19.1. The van der Waals surface area contributed by atoms with Crippen molar-refractivity contribution < 1.29 is 14.0 Å². The first kappa shape index (κ1) is 21.0. The molecule has 2 heterocycles. The third kappa shape index (κ3) is 4.44. The standard InChI is InChI=1S/C24H25FN4O2/c1-27-24(31)23(18-6-5-17-11-22(30)28-21(17)10-18)20(14-29-8-7-19(25)13-29)16-4-2-3-15(9-16)12-26/h2-6,9-10,19-20,23H,7-8,11,13-14H2,1H3,(H,27,31)(H,28,30)/t19-,20+,23?/m0/s1. The molecule has 0 bridgehead atoms. The lowest BCUT2D eigenvalue weighted by Gasteiger charge is -2.31. The fraction of sp³-hybridized carbons (Fsp3) is 0.375. The molecular weight excluding hydrogens is 395 g/mol. The van der Waals surface area contributed by atoms with Crippen LogP contribution in [0.3, 0.4) is 0 Å². The Kier molecular flexibility index (Phi) is 6.01. The minimum atomic E-state index is -0.861. The lowest BCUT2D eigenvalue weighted by atomic mass is 9.79. The van der Waals surface area contributed by atoms with Crippen molar-refractivity contribution in [3.05, 3.63) is 64.7 Å². The summed E-state index contributed by atoms with van der Waals surface area (Å²) in [5, 5.41) is 15.0. The number of nitriles is 1. The van der Waals surface area contributed by atoms with Crippen LogP contribution in [-0.2, 0) is 16.0 Å². The van der Waals surface area contributed by atoms with E-state index in [4.69, 9.17) is 0 Å². The van der Waals surface area contributed by atoms with Crippen LogP contribution in [0.25, 0.3) is 0 Å². The van der Waals surface area contributed by atoms with E-state index in [0.717, 1.165) is 22.4 Å². The molecule has 2 aliphatic heterocycles. The molecule has 0 spiro atoms. The van der Waals surface area contributed by atoms with E-state index in [9.17, 15) is 19.2 Å². The normalized spacial score (nSPS) is 19.9. The Morgan fingerprint density at radius 3 is 2.87 bits per heavy atom. The Hall–Kier alpha value is -3.24. The number of likely N-dealkylation sites (tertiary alicyclic amines) is 1. The lowest BCUT2D eigenvalue weighted by molar-refractivity contribution is -0.122. The first-order valence-corrected chi connectivity index (χ1v) is 10.5. The van der Waals surface area contributed by atoms with Crippen LogP contribution in [0, 0.1) is 11.3 Å². The maximum Gasteiger partial charge on any atom is 0.228 e. The highest BCUT2D eigenvalue weighted by Crippen LogP contribution is 2.38. The molecule has 1 unspecified atom stereocenters. The molecule has 4 rings (SSSR count). The topological polar surface area (TPSA) is 85.2 Å². The lowest BCUT2D eigenvalue weighted by Crippen LogP contribution is -2.36. The van der Waals surface area contributed by atoms with E-state index in [1.54, 1.807) is 19.2 Å². The highest BCUT2D eigenvalue weighted by Gasteiger charge is 2.35. The molecule has 2 aromatic carbocycles. The molecule has 2 aromatic rings. The Morgan fingerprint density at radius 1 is 1.32 bits per heavy atom. The molecule has 0 aliphatic carbocycles. The summed E-state index contributed by atoms with van der Waals surface area (Å²) < 4.78 is 13.9. The third-order valence-electron chi connectivity index (χ3n) is 6.16. The van der Waals surface area contributed by atoms with Crippen LogP contribution in [0.4, 0.5) is 10.1 Å². The van der Waals surface area contributed by atoms with Gasteiger partial charge in [0, 0.05) is 38.3 Å². The second-order valence-corrected chi connectivity index (χ2v) is 8.22. The molecule has 0 saturated carbocycles. The zero-order chi connectivity index (χ0) is 22.0. The van der Waals surface area contributed by atoms with Crippen molar-refractivity contribution in [3.63, 3.8) is 0 Å². The molecule has 2 amide bonds. The van der Waals surface area contributed by atoms with Gasteiger partial charge in [0.1, 0.15) is 6.17 Å². The summed E-state index contributed by atoms with van der Waals surface area (Å²) in [5.41, 5.74) is 3.80. The van der Waals surface area contributed by atoms with Crippen molar-refractivity contribution in [1.82, 2.24) is 10.2 Å². The van der Waals surface area contributed by atoms with E-state index in [-0.39, 0.29) is 17.7 Å². The first-order chi connectivity index (χ1) is 15.0. The number of anilines is 1. The number of likely N-dealkylation sites (N-methyl/N-ethyl adjacent to an activating group) is 1. The highest BCUT2D eigenvalue weighted by molar-refractivity contribution is 5.99. The Labute approximate surface area is 181 Å². The summed E-state index contributed by atoms with van der Waals surface area (Å²) in [6.07, 6.45) is -0.0419. The van der Waals surface area contributed by atoms with E-state index in [2.05, 4.69) is 16.7 Å². The van der Waals surface area contributed by atoms with Crippen molar-refractivity contribution in [2.45, 2.75) is 30.8 Å². The van der Waals surface area contributed by atoms with E-state index < -0.39 is 12.1 Å². The fourth-order valence-corrected chi connectivity index (χ4v) is 4.62. The molecule has 7 heteroatoms. The molecule has 3 atom stereocenters. The van der Waals surface area contributed by atoms with Gasteiger partial charge in [0.05, 0.1) is 24.0 Å². The van der Waals surface area contributed by atoms with Crippen molar-refractivity contribution in [2.75, 3.05) is 32.0 Å². The predicted molar refractivity (Wildman–Crippen MR) is 115 cm³/mol. The Bertz CT molecular complexity index is 1050. The smallest absolute Gasteiger partial charge is 0.228 e. The van der Waals surface area contributed by atoms with Gasteiger partial charge < -0.3 is 10.6 Å². The van der Waals surface area contributed by atoms with E-state index in [0.29, 0.717) is 38.0 Å². The number of amides is 2. The second-order valence-electron chi connectivity index (χ2n) is 8.22. The molecule has 6 nitrogen and oxygen atoms in total. The minimum Gasteiger partial charge on any atom is -0.359 e. The number of halogens is 1. The summed E-state index contributed by atoms with van der Waals surface area (Å²) in [6, 6.07) is 15.1. The number of rotatable bonds is 6. The largest absolute Gasteiger partial charge is 0.359 e. The third-order valence-corrected chi connectivity index (χ3v) is 6.16. The van der Waals surface area contributed by atoms with Crippen LogP contribution in [0.1, 0.15) is 40.5 Å². The number of benzene rings is 2. The Balaban J connectivity index is 1.76. The van der Waals surface area contributed by atoms with Crippen LogP contribution in [-0.4, -0.2) is 49.6 Å². The van der Waals surface area contributed by atoms with Gasteiger partial charge in [0.2, 0.25) is 11.8 Å². The zero-order valence-electron chi connectivity index (χ0n) is 17.4. The molecule has 160 valence electrons. The van der Waals surface area contributed by atoms with Gasteiger partial charge in [0.25, 0.3) is 0 Å². The predicted octanol–water partition coefficient (Wildman–Crippen LogP) is 2.71. The monoisotopic (exact) mass is 420 g/mol. The van der Waals surface area contributed by atoms with Gasteiger partial charge >= 0.3 is 0 Å². The van der Waals surface area contributed by atoms with Crippen LogP contribution < -0.4 is 10.6 Å². The quantitative estimate of drug-likeness (QED) is 0.753. The van der Waals surface area contributed by atoms with E-state index in [1.165, 1.54) is 0 Å². The van der Waals surface area contributed by atoms with Crippen LogP contribution in [0.5, 0.6) is 0 Å². The van der Waals surface area contributed by atoms with Crippen molar-refractivity contribution >= 4 is 17.5 Å². The molecule has 0 aromatic heterocycles.